The second-order valence-corrected chi connectivity index (χ2v) is 5.72. The normalized spacial score (nSPS) is 12.0. The number of halogens is 1. The van der Waals surface area contributed by atoms with Crippen LogP contribution in [-0.4, -0.2) is 45.0 Å². The van der Waals surface area contributed by atoms with Crippen LogP contribution in [0, 0.1) is 0 Å². The Bertz CT molecular complexity index is 447. The molecule has 0 aromatic carbocycles. The smallest absolute Gasteiger partial charge is 0.260 e. The Hall–Kier alpha value is -0.690. The van der Waals surface area contributed by atoms with Crippen LogP contribution in [0.1, 0.15) is 5.56 Å². The van der Waals surface area contributed by atoms with Gasteiger partial charge in [-0.25, -0.2) is 13.4 Å². The topological polar surface area (TPSA) is 59.5 Å². The summed E-state index contributed by atoms with van der Waals surface area (Å²) in [5.74, 6) is 0.312. The predicted octanol–water partition coefficient (Wildman–Crippen LogP) is 1.09. The third-order valence-electron chi connectivity index (χ3n) is 2.24. The molecule has 5 nitrogen and oxygen atoms in total. The van der Waals surface area contributed by atoms with Crippen molar-refractivity contribution in [3.8, 4) is 0 Å². The Morgan fingerprint density at radius 3 is 2.65 bits per heavy atom. The minimum absolute atomic E-state index is 0.0185. The molecule has 0 aliphatic rings. The summed E-state index contributed by atoms with van der Waals surface area (Å²) in [4.78, 5) is 3.90. The third kappa shape index (κ3) is 3.64. The van der Waals surface area contributed by atoms with Crippen LogP contribution in [0.15, 0.2) is 23.4 Å². The van der Waals surface area contributed by atoms with Gasteiger partial charge in [-0.3, -0.25) is 0 Å². The SMILES string of the molecule is COCCN(C)S(=O)(=O)c1ccc(CCl)cn1. The van der Waals surface area contributed by atoms with Gasteiger partial charge in [0.05, 0.1) is 6.61 Å². The number of rotatable bonds is 6. The van der Waals surface area contributed by atoms with Crippen molar-refractivity contribution in [1.29, 1.82) is 0 Å². The lowest BCUT2D eigenvalue weighted by Gasteiger charge is -2.15. The van der Waals surface area contributed by atoms with E-state index in [4.69, 9.17) is 16.3 Å². The molecule has 0 radical (unpaired) electrons. The van der Waals surface area contributed by atoms with Gasteiger partial charge in [-0.2, -0.15) is 4.31 Å². The van der Waals surface area contributed by atoms with Crippen LogP contribution in [0.3, 0.4) is 0 Å². The zero-order chi connectivity index (χ0) is 12.9. The first-order chi connectivity index (χ1) is 8.02. The van der Waals surface area contributed by atoms with Crippen molar-refractivity contribution < 1.29 is 13.2 Å². The molecule has 0 fully saturated rings. The fourth-order valence-corrected chi connectivity index (χ4v) is 2.36. The largest absolute Gasteiger partial charge is 0.383 e. The Balaban J connectivity index is 2.88. The van der Waals surface area contributed by atoms with Crippen LogP contribution in [0.5, 0.6) is 0 Å². The minimum Gasteiger partial charge on any atom is -0.383 e. The molecule has 96 valence electrons. The molecule has 7 heteroatoms. The molecule has 0 bridgehead atoms. The number of methoxy groups -OCH3 is 1. The van der Waals surface area contributed by atoms with Crippen molar-refractivity contribution in [2.75, 3.05) is 27.3 Å². The molecule has 0 aliphatic carbocycles. The average Bonchev–Trinajstić information content (AvgIpc) is 2.35. The van der Waals surface area contributed by atoms with Crippen molar-refractivity contribution >= 4 is 21.6 Å². The van der Waals surface area contributed by atoms with Gasteiger partial charge in [0.15, 0.2) is 5.03 Å². The van der Waals surface area contributed by atoms with E-state index < -0.39 is 10.0 Å². The van der Waals surface area contributed by atoms with E-state index in [1.54, 1.807) is 6.07 Å². The highest BCUT2D eigenvalue weighted by molar-refractivity contribution is 7.89. The number of aromatic nitrogens is 1. The standard InChI is InChI=1S/C10H15ClN2O3S/c1-13(5-6-16-2)17(14,15)10-4-3-9(7-11)8-12-10/h3-4,8H,5-7H2,1-2H3. The van der Waals surface area contributed by atoms with Crippen LogP contribution in [0.4, 0.5) is 0 Å². The second kappa shape index (κ2) is 6.30. The summed E-state index contributed by atoms with van der Waals surface area (Å²) in [6.45, 7) is 0.632. The molecule has 0 atom stereocenters. The Morgan fingerprint density at radius 1 is 1.47 bits per heavy atom. The number of hydrogen-bond acceptors (Lipinski definition) is 4. The number of pyridine rings is 1. The van der Waals surface area contributed by atoms with Gasteiger partial charge in [0.1, 0.15) is 0 Å². The summed E-state index contributed by atoms with van der Waals surface area (Å²) in [7, 11) is -0.524. The van der Waals surface area contributed by atoms with Crippen molar-refractivity contribution in [1.82, 2.24) is 9.29 Å². The Morgan fingerprint density at radius 2 is 2.18 bits per heavy atom. The second-order valence-electron chi connectivity index (χ2n) is 3.46. The van der Waals surface area contributed by atoms with Gasteiger partial charge < -0.3 is 4.74 Å². The molecular formula is C10H15ClN2O3S. The maximum absolute atomic E-state index is 12.0. The van der Waals surface area contributed by atoms with E-state index in [9.17, 15) is 8.42 Å². The monoisotopic (exact) mass is 278 g/mol. The first kappa shape index (κ1) is 14.4. The van der Waals surface area contributed by atoms with E-state index in [2.05, 4.69) is 4.98 Å². The molecule has 0 spiro atoms. The van der Waals surface area contributed by atoms with Gasteiger partial charge in [0, 0.05) is 32.8 Å². The van der Waals surface area contributed by atoms with Crippen molar-refractivity contribution in [2.45, 2.75) is 10.9 Å². The summed E-state index contributed by atoms with van der Waals surface area (Å²) in [6.07, 6.45) is 1.46. The highest BCUT2D eigenvalue weighted by Crippen LogP contribution is 2.12. The molecule has 0 unspecified atom stereocenters. The predicted molar refractivity (Wildman–Crippen MR) is 65.5 cm³/mol. The zero-order valence-electron chi connectivity index (χ0n) is 9.76. The molecule has 1 aromatic heterocycles. The summed E-state index contributed by atoms with van der Waals surface area (Å²) in [5, 5.41) is 0.0185. The molecule has 17 heavy (non-hydrogen) atoms. The summed E-state index contributed by atoms with van der Waals surface area (Å²) >= 11 is 5.61. The molecule has 0 amide bonds. The maximum Gasteiger partial charge on any atom is 0.260 e. The minimum atomic E-state index is -3.54. The van der Waals surface area contributed by atoms with E-state index in [1.807, 2.05) is 0 Å². The number of ether oxygens (including phenoxy) is 1. The van der Waals surface area contributed by atoms with E-state index >= 15 is 0 Å². The molecule has 1 aromatic rings. The number of likely N-dealkylation sites (N-methyl/N-ethyl adjacent to an activating group) is 1. The Kier molecular flexibility index (Phi) is 5.32. The van der Waals surface area contributed by atoms with Crippen molar-refractivity contribution in [2.24, 2.45) is 0 Å². The fourth-order valence-electron chi connectivity index (χ4n) is 1.14. The summed E-state index contributed by atoms with van der Waals surface area (Å²) in [6, 6.07) is 3.10. The lowest BCUT2D eigenvalue weighted by Crippen LogP contribution is -2.30. The molecule has 0 N–H and O–H groups in total. The van der Waals surface area contributed by atoms with Crippen LogP contribution >= 0.6 is 11.6 Å². The quantitative estimate of drug-likeness (QED) is 0.731. The zero-order valence-corrected chi connectivity index (χ0v) is 11.3. The van der Waals surface area contributed by atoms with Gasteiger partial charge in [-0.1, -0.05) is 6.07 Å². The van der Waals surface area contributed by atoms with Crippen molar-refractivity contribution in [3.63, 3.8) is 0 Å². The molecule has 1 rings (SSSR count). The Labute approximate surface area is 106 Å². The van der Waals surface area contributed by atoms with E-state index in [0.29, 0.717) is 12.5 Å². The van der Waals surface area contributed by atoms with Gasteiger partial charge >= 0.3 is 0 Å². The lowest BCUT2D eigenvalue weighted by molar-refractivity contribution is 0.185. The van der Waals surface area contributed by atoms with E-state index in [1.165, 1.54) is 30.7 Å². The van der Waals surface area contributed by atoms with Crippen LogP contribution in [0.25, 0.3) is 0 Å². The van der Waals surface area contributed by atoms with Crippen LogP contribution in [-0.2, 0) is 20.6 Å². The molecule has 0 aliphatic heterocycles. The first-order valence-electron chi connectivity index (χ1n) is 4.98. The summed E-state index contributed by atoms with van der Waals surface area (Å²) < 4.78 is 30.1. The fraction of sp³-hybridized carbons (Fsp3) is 0.500. The van der Waals surface area contributed by atoms with Crippen molar-refractivity contribution in [3.05, 3.63) is 23.9 Å². The summed E-state index contributed by atoms with van der Waals surface area (Å²) in [5.41, 5.74) is 0.783. The lowest BCUT2D eigenvalue weighted by atomic mass is 10.3. The van der Waals surface area contributed by atoms with Gasteiger partial charge in [-0.15, -0.1) is 11.6 Å². The highest BCUT2D eigenvalue weighted by Gasteiger charge is 2.21. The van der Waals surface area contributed by atoms with Gasteiger partial charge in [-0.05, 0) is 11.6 Å². The molecule has 0 saturated heterocycles. The first-order valence-corrected chi connectivity index (χ1v) is 6.96. The maximum atomic E-state index is 12.0. The molecular weight excluding hydrogens is 264 g/mol. The van der Waals surface area contributed by atoms with Gasteiger partial charge in [0.2, 0.25) is 0 Å². The van der Waals surface area contributed by atoms with E-state index in [0.717, 1.165) is 5.56 Å². The van der Waals surface area contributed by atoms with E-state index in [-0.39, 0.29) is 11.6 Å². The third-order valence-corrected chi connectivity index (χ3v) is 4.32. The number of sulfonamides is 1. The average molecular weight is 279 g/mol. The molecule has 1 heterocycles. The number of hydrogen-bond donors (Lipinski definition) is 0. The van der Waals surface area contributed by atoms with Crippen LogP contribution < -0.4 is 0 Å². The van der Waals surface area contributed by atoms with Crippen LogP contribution in [0.2, 0.25) is 0 Å². The van der Waals surface area contributed by atoms with Gasteiger partial charge in [0.25, 0.3) is 10.0 Å². The number of nitrogens with zero attached hydrogens (tertiary/aromatic N) is 2. The highest BCUT2D eigenvalue weighted by atomic mass is 35.5. The number of alkyl halides is 1. The molecule has 0 saturated carbocycles.